The minimum atomic E-state index is -1.09. The lowest BCUT2D eigenvalue weighted by Crippen LogP contribution is -2.19. The third kappa shape index (κ3) is 3.49. The third-order valence-electron chi connectivity index (χ3n) is 1.84. The van der Waals surface area contributed by atoms with Crippen molar-refractivity contribution in [3.8, 4) is 0 Å². The molecule has 5 heteroatoms. The van der Waals surface area contributed by atoms with Crippen molar-refractivity contribution in [2.75, 3.05) is 0 Å². The number of rotatable bonds is 4. The van der Waals surface area contributed by atoms with E-state index in [2.05, 4.69) is 0 Å². The van der Waals surface area contributed by atoms with Gasteiger partial charge in [0.05, 0.1) is 6.61 Å². The van der Waals surface area contributed by atoms with Crippen molar-refractivity contribution in [1.82, 2.24) is 0 Å². The summed E-state index contributed by atoms with van der Waals surface area (Å²) in [6.07, 6.45) is -0.969. The number of carbonyl (C=O) groups is 1. The topological polar surface area (TPSA) is 46.5 Å². The molecule has 1 unspecified atom stereocenters. The number of hydrogen-bond donors (Lipinski definition) is 1. The largest absolute Gasteiger partial charge is 0.479 e. The second-order valence-corrected chi connectivity index (χ2v) is 3.46. The van der Waals surface area contributed by atoms with Gasteiger partial charge in [0, 0.05) is 10.6 Å². The minimum Gasteiger partial charge on any atom is -0.479 e. The van der Waals surface area contributed by atoms with Crippen LogP contribution in [0.3, 0.4) is 0 Å². The van der Waals surface area contributed by atoms with E-state index in [1.165, 1.54) is 25.1 Å². The van der Waals surface area contributed by atoms with Gasteiger partial charge < -0.3 is 9.84 Å². The fourth-order valence-electron chi connectivity index (χ4n) is 0.940. The van der Waals surface area contributed by atoms with Gasteiger partial charge in [0.25, 0.3) is 0 Å². The zero-order valence-corrected chi connectivity index (χ0v) is 8.79. The van der Waals surface area contributed by atoms with Gasteiger partial charge in [-0.05, 0) is 25.1 Å². The van der Waals surface area contributed by atoms with Crippen molar-refractivity contribution in [2.24, 2.45) is 0 Å². The van der Waals surface area contributed by atoms with Gasteiger partial charge in [0.15, 0.2) is 6.10 Å². The van der Waals surface area contributed by atoms with Gasteiger partial charge in [0.2, 0.25) is 0 Å². The van der Waals surface area contributed by atoms with Gasteiger partial charge in [-0.25, -0.2) is 9.18 Å². The SMILES string of the molecule is CC(OCc1cc(Cl)ccc1F)C(=O)O. The average molecular weight is 233 g/mol. The number of carboxylic acid groups (broad SMARTS) is 1. The molecule has 3 nitrogen and oxygen atoms in total. The average Bonchev–Trinajstić information content (AvgIpc) is 2.18. The molecule has 0 heterocycles. The van der Waals surface area contributed by atoms with Gasteiger partial charge >= 0.3 is 5.97 Å². The molecule has 1 rings (SSSR count). The molecule has 0 saturated heterocycles. The van der Waals surface area contributed by atoms with Crippen LogP contribution in [0.5, 0.6) is 0 Å². The van der Waals surface area contributed by atoms with Crippen LogP contribution in [-0.4, -0.2) is 17.2 Å². The Morgan fingerprint density at radius 3 is 2.93 bits per heavy atom. The Labute approximate surface area is 91.4 Å². The van der Waals surface area contributed by atoms with Crippen LogP contribution >= 0.6 is 11.6 Å². The van der Waals surface area contributed by atoms with E-state index in [0.717, 1.165) is 0 Å². The Morgan fingerprint density at radius 1 is 1.67 bits per heavy atom. The van der Waals surface area contributed by atoms with Crippen molar-refractivity contribution < 1.29 is 19.0 Å². The first-order valence-corrected chi connectivity index (χ1v) is 4.67. The van der Waals surface area contributed by atoms with Crippen molar-refractivity contribution in [1.29, 1.82) is 0 Å². The first-order chi connectivity index (χ1) is 7.00. The zero-order chi connectivity index (χ0) is 11.4. The van der Waals surface area contributed by atoms with Crippen molar-refractivity contribution in [3.63, 3.8) is 0 Å². The molecule has 0 spiro atoms. The van der Waals surface area contributed by atoms with E-state index in [1.54, 1.807) is 0 Å². The standard InChI is InChI=1S/C10H10ClFO3/c1-6(10(13)14)15-5-7-4-8(11)2-3-9(7)12/h2-4,6H,5H2,1H3,(H,13,14). The predicted molar refractivity (Wildman–Crippen MR) is 53.3 cm³/mol. The molecule has 0 saturated carbocycles. The van der Waals surface area contributed by atoms with E-state index in [0.29, 0.717) is 5.02 Å². The summed E-state index contributed by atoms with van der Waals surface area (Å²) < 4.78 is 18.1. The summed E-state index contributed by atoms with van der Waals surface area (Å²) in [6, 6.07) is 4.04. The van der Waals surface area contributed by atoms with Crippen molar-refractivity contribution in [3.05, 3.63) is 34.6 Å². The Morgan fingerprint density at radius 2 is 2.33 bits per heavy atom. The van der Waals surface area contributed by atoms with Gasteiger partial charge in [0.1, 0.15) is 5.82 Å². The normalized spacial score (nSPS) is 12.5. The van der Waals surface area contributed by atoms with Crippen LogP contribution in [0.25, 0.3) is 0 Å². The molecule has 0 radical (unpaired) electrons. The Kier molecular flexibility index (Phi) is 4.05. The van der Waals surface area contributed by atoms with Crippen molar-refractivity contribution >= 4 is 17.6 Å². The Balaban J connectivity index is 2.65. The summed E-state index contributed by atoms with van der Waals surface area (Å²) in [4.78, 5) is 10.4. The number of benzene rings is 1. The lowest BCUT2D eigenvalue weighted by Gasteiger charge is -2.09. The molecular weight excluding hydrogens is 223 g/mol. The van der Waals surface area contributed by atoms with Gasteiger partial charge in [-0.2, -0.15) is 0 Å². The van der Waals surface area contributed by atoms with E-state index in [4.69, 9.17) is 21.4 Å². The lowest BCUT2D eigenvalue weighted by molar-refractivity contribution is -0.149. The van der Waals surface area contributed by atoms with Crippen LogP contribution in [0.15, 0.2) is 18.2 Å². The number of aliphatic carboxylic acids is 1. The number of halogens is 2. The summed E-state index contributed by atoms with van der Waals surface area (Å²) >= 11 is 5.66. The molecule has 1 aromatic rings. The van der Waals surface area contributed by atoms with Crippen LogP contribution in [0.2, 0.25) is 5.02 Å². The van der Waals surface area contributed by atoms with Crippen molar-refractivity contribution in [2.45, 2.75) is 19.6 Å². The summed E-state index contributed by atoms with van der Waals surface area (Å²) in [5, 5.41) is 8.93. The molecule has 15 heavy (non-hydrogen) atoms. The quantitative estimate of drug-likeness (QED) is 0.868. The Bertz CT molecular complexity index is 368. The molecule has 0 aromatic heterocycles. The smallest absolute Gasteiger partial charge is 0.332 e. The summed E-state index contributed by atoms with van der Waals surface area (Å²) in [5.41, 5.74) is 0.246. The molecule has 0 aliphatic rings. The van der Waals surface area contributed by atoms with Gasteiger partial charge in [-0.3, -0.25) is 0 Å². The van der Waals surface area contributed by atoms with E-state index in [9.17, 15) is 9.18 Å². The summed E-state index contributed by atoms with van der Waals surface area (Å²) in [7, 11) is 0. The maximum atomic E-state index is 13.1. The highest BCUT2D eigenvalue weighted by Gasteiger charge is 2.12. The summed E-state index contributed by atoms with van der Waals surface area (Å²) in [5.74, 6) is -1.55. The van der Waals surface area contributed by atoms with E-state index < -0.39 is 17.9 Å². The lowest BCUT2D eigenvalue weighted by atomic mass is 10.2. The maximum Gasteiger partial charge on any atom is 0.332 e. The fourth-order valence-corrected chi connectivity index (χ4v) is 1.13. The maximum absolute atomic E-state index is 13.1. The molecule has 0 aliphatic carbocycles. The minimum absolute atomic E-state index is 0.111. The molecule has 1 aromatic carbocycles. The highest BCUT2D eigenvalue weighted by molar-refractivity contribution is 6.30. The van der Waals surface area contributed by atoms with Crippen LogP contribution in [0.1, 0.15) is 12.5 Å². The molecule has 1 atom stereocenters. The van der Waals surface area contributed by atoms with Crippen LogP contribution in [0, 0.1) is 5.82 Å². The predicted octanol–water partition coefficient (Wildman–Crippen LogP) is 2.47. The van der Waals surface area contributed by atoms with E-state index >= 15 is 0 Å². The number of carboxylic acids is 1. The third-order valence-corrected chi connectivity index (χ3v) is 2.08. The van der Waals surface area contributed by atoms with Gasteiger partial charge in [-0.1, -0.05) is 11.6 Å². The molecule has 0 aliphatic heterocycles. The Hall–Kier alpha value is -1.13. The number of ether oxygens (including phenoxy) is 1. The highest BCUT2D eigenvalue weighted by atomic mass is 35.5. The van der Waals surface area contributed by atoms with Crippen LogP contribution < -0.4 is 0 Å². The molecular formula is C10H10ClFO3. The summed E-state index contributed by atoms with van der Waals surface area (Å²) in [6.45, 7) is 1.27. The second kappa shape index (κ2) is 5.09. The van der Waals surface area contributed by atoms with Crippen LogP contribution in [0.4, 0.5) is 4.39 Å². The fraction of sp³-hybridized carbons (Fsp3) is 0.300. The first-order valence-electron chi connectivity index (χ1n) is 4.29. The zero-order valence-electron chi connectivity index (χ0n) is 8.04. The second-order valence-electron chi connectivity index (χ2n) is 3.03. The van der Waals surface area contributed by atoms with Crippen LogP contribution in [-0.2, 0) is 16.1 Å². The molecule has 82 valence electrons. The molecule has 0 fully saturated rings. The highest BCUT2D eigenvalue weighted by Crippen LogP contribution is 2.16. The monoisotopic (exact) mass is 232 g/mol. The molecule has 0 amide bonds. The number of hydrogen-bond acceptors (Lipinski definition) is 2. The van der Waals surface area contributed by atoms with E-state index in [1.807, 2.05) is 0 Å². The van der Waals surface area contributed by atoms with Gasteiger partial charge in [-0.15, -0.1) is 0 Å². The van der Waals surface area contributed by atoms with E-state index in [-0.39, 0.29) is 12.2 Å². The first kappa shape index (κ1) is 11.9. The molecule has 1 N–H and O–H groups in total. The molecule has 0 bridgehead atoms.